The van der Waals surface area contributed by atoms with E-state index in [-0.39, 0.29) is 6.03 Å². The fraction of sp³-hybridized carbons (Fsp3) is 0.278. The van der Waals surface area contributed by atoms with E-state index in [9.17, 15) is 18.0 Å². The number of nitrogens with one attached hydrogen (secondary N) is 1. The van der Waals surface area contributed by atoms with Crippen LogP contribution in [0.25, 0.3) is 0 Å². The smallest absolute Gasteiger partial charge is 0.368 e. The van der Waals surface area contributed by atoms with E-state index in [2.05, 4.69) is 5.32 Å². The lowest BCUT2D eigenvalue weighted by Gasteiger charge is -2.36. The number of amides is 2. The molecule has 0 aliphatic carbocycles. The molecule has 144 valence electrons. The van der Waals surface area contributed by atoms with Crippen molar-refractivity contribution in [2.75, 3.05) is 36.4 Å². The fourth-order valence-corrected chi connectivity index (χ4v) is 3.12. The van der Waals surface area contributed by atoms with Gasteiger partial charge in [0.2, 0.25) is 0 Å². The van der Waals surface area contributed by atoms with Crippen molar-refractivity contribution in [1.82, 2.24) is 4.90 Å². The van der Waals surface area contributed by atoms with E-state index in [0.717, 1.165) is 12.1 Å². The number of halogens is 5. The Morgan fingerprint density at radius 3 is 2.30 bits per heavy atom. The van der Waals surface area contributed by atoms with Gasteiger partial charge in [0.05, 0.1) is 15.6 Å². The van der Waals surface area contributed by atoms with Crippen molar-refractivity contribution in [3.05, 3.63) is 58.1 Å². The van der Waals surface area contributed by atoms with Crippen LogP contribution >= 0.6 is 23.2 Å². The molecule has 27 heavy (non-hydrogen) atoms. The number of alkyl halides is 3. The average Bonchev–Trinajstić information content (AvgIpc) is 2.64. The van der Waals surface area contributed by atoms with E-state index in [1.807, 2.05) is 4.90 Å². The van der Waals surface area contributed by atoms with Crippen LogP contribution in [0.1, 0.15) is 5.56 Å². The molecule has 1 aliphatic rings. The normalized spacial score (nSPS) is 15.0. The summed E-state index contributed by atoms with van der Waals surface area (Å²) < 4.78 is 38.6. The van der Waals surface area contributed by atoms with E-state index < -0.39 is 11.7 Å². The predicted molar refractivity (Wildman–Crippen MR) is 101 cm³/mol. The first-order valence-electron chi connectivity index (χ1n) is 8.17. The Morgan fingerprint density at radius 2 is 1.67 bits per heavy atom. The summed E-state index contributed by atoms with van der Waals surface area (Å²) in [4.78, 5) is 15.8. The molecule has 0 spiro atoms. The quantitative estimate of drug-likeness (QED) is 0.712. The van der Waals surface area contributed by atoms with Gasteiger partial charge in [-0.1, -0.05) is 29.3 Å². The van der Waals surface area contributed by atoms with Gasteiger partial charge in [0, 0.05) is 37.6 Å². The summed E-state index contributed by atoms with van der Waals surface area (Å²) in [6.07, 6.45) is -4.38. The Bertz CT molecular complexity index is 837. The molecule has 1 heterocycles. The van der Waals surface area contributed by atoms with Crippen molar-refractivity contribution in [2.45, 2.75) is 6.18 Å². The van der Waals surface area contributed by atoms with E-state index >= 15 is 0 Å². The molecule has 9 heteroatoms. The average molecular weight is 418 g/mol. The van der Waals surface area contributed by atoms with Gasteiger partial charge in [0.15, 0.2) is 0 Å². The number of hydrogen-bond donors (Lipinski definition) is 1. The molecular weight excluding hydrogens is 402 g/mol. The summed E-state index contributed by atoms with van der Waals surface area (Å²) >= 11 is 11.8. The van der Waals surface area contributed by atoms with Gasteiger partial charge >= 0.3 is 12.2 Å². The first kappa shape index (κ1) is 19.6. The molecule has 0 aromatic heterocycles. The maximum atomic E-state index is 12.9. The summed E-state index contributed by atoms with van der Waals surface area (Å²) in [5.41, 5.74) is 0.337. The monoisotopic (exact) mass is 417 g/mol. The molecule has 4 nitrogen and oxygen atoms in total. The molecule has 1 saturated heterocycles. The Kier molecular flexibility index (Phi) is 5.72. The fourth-order valence-electron chi connectivity index (χ4n) is 2.82. The summed E-state index contributed by atoms with van der Waals surface area (Å²) in [5, 5.41) is 3.47. The Morgan fingerprint density at radius 1 is 0.963 bits per heavy atom. The molecule has 2 aromatic carbocycles. The highest BCUT2D eigenvalue weighted by Gasteiger charge is 2.31. The topological polar surface area (TPSA) is 35.6 Å². The Balaban J connectivity index is 1.60. The lowest BCUT2D eigenvalue weighted by Crippen LogP contribution is -2.50. The number of benzene rings is 2. The molecule has 2 amide bonds. The molecule has 0 unspecified atom stereocenters. The first-order valence-corrected chi connectivity index (χ1v) is 8.93. The molecule has 1 N–H and O–H groups in total. The largest absolute Gasteiger partial charge is 0.416 e. The van der Waals surface area contributed by atoms with E-state index in [4.69, 9.17) is 23.2 Å². The Labute approximate surface area is 164 Å². The number of rotatable bonds is 2. The minimum atomic E-state index is -4.38. The molecule has 0 bridgehead atoms. The summed E-state index contributed by atoms with van der Waals surface area (Å²) in [5.74, 6) is 0. The number of hydrogen-bond acceptors (Lipinski definition) is 2. The molecule has 1 fully saturated rings. The van der Waals surface area contributed by atoms with Crippen LogP contribution in [-0.2, 0) is 6.18 Å². The minimum Gasteiger partial charge on any atom is -0.368 e. The number of urea groups is 1. The van der Waals surface area contributed by atoms with Gasteiger partial charge in [0.25, 0.3) is 0 Å². The second-order valence-electron chi connectivity index (χ2n) is 6.08. The van der Waals surface area contributed by atoms with Gasteiger partial charge < -0.3 is 15.1 Å². The van der Waals surface area contributed by atoms with Crippen molar-refractivity contribution in [3.8, 4) is 0 Å². The van der Waals surface area contributed by atoms with Crippen molar-refractivity contribution in [2.24, 2.45) is 0 Å². The van der Waals surface area contributed by atoms with Crippen molar-refractivity contribution in [3.63, 3.8) is 0 Å². The zero-order chi connectivity index (χ0) is 19.6. The van der Waals surface area contributed by atoms with Gasteiger partial charge in [-0.2, -0.15) is 13.2 Å². The highest BCUT2D eigenvalue weighted by molar-refractivity contribution is 6.42. The van der Waals surface area contributed by atoms with E-state index in [1.165, 1.54) is 6.07 Å². The third-order valence-electron chi connectivity index (χ3n) is 4.28. The zero-order valence-electron chi connectivity index (χ0n) is 14.1. The number of anilines is 2. The van der Waals surface area contributed by atoms with Gasteiger partial charge in [-0.25, -0.2) is 4.79 Å². The van der Waals surface area contributed by atoms with Crippen molar-refractivity contribution < 1.29 is 18.0 Å². The van der Waals surface area contributed by atoms with Gasteiger partial charge in [-0.15, -0.1) is 0 Å². The third kappa shape index (κ3) is 4.78. The van der Waals surface area contributed by atoms with E-state index in [0.29, 0.717) is 47.6 Å². The molecule has 3 rings (SSSR count). The maximum absolute atomic E-state index is 12.9. The Hall–Kier alpha value is -2.12. The number of carbonyl (C=O) groups excluding carboxylic acids is 1. The number of nitrogens with zero attached hydrogens (tertiary/aromatic N) is 2. The van der Waals surface area contributed by atoms with Crippen LogP contribution in [0.15, 0.2) is 42.5 Å². The van der Waals surface area contributed by atoms with Crippen LogP contribution in [0.5, 0.6) is 0 Å². The highest BCUT2D eigenvalue weighted by atomic mass is 35.5. The molecule has 0 radical (unpaired) electrons. The van der Waals surface area contributed by atoms with Gasteiger partial charge in [-0.3, -0.25) is 0 Å². The SMILES string of the molecule is O=C(Nc1ccc(Cl)c(Cl)c1)N1CCN(c2cccc(C(F)(F)F)c2)CC1. The predicted octanol–water partition coefficient (Wildman–Crippen LogP) is 5.37. The molecule has 1 aliphatic heterocycles. The maximum Gasteiger partial charge on any atom is 0.416 e. The number of carbonyl (C=O) groups is 1. The second kappa shape index (κ2) is 7.86. The number of piperazine rings is 1. The van der Waals surface area contributed by atoms with Crippen LogP contribution in [-0.4, -0.2) is 37.1 Å². The van der Waals surface area contributed by atoms with Crippen LogP contribution in [0.2, 0.25) is 10.0 Å². The second-order valence-corrected chi connectivity index (χ2v) is 6.90. The first-order chi connectivity index (χ1) is 12.7. The van der Waals surface area contributed by atoms with Crippen molar-refractivity contribution >= 4 is 40.6 Å². The third-order valence-corrected chi connectivity index (χ3v) is 5.02. The molecule has 2 aromatic rings. The molecular formula is C18H16Cl2F3N3O. The summed E-state index contributed by atoms with van der Waals surface area (Å²) in [7, 11) is 0. The summed E-state index contributed by atoms with van der Waals surface area (Å²) in [6.45, 7) is 1.67. The summed E-state index contributed by atoms with van der Waals surface area (Å²) in [6, 6.07) is 9.70. The standard InChI is InChI=1S/C18H16Cl2F3N3O/c19-15-5-4-13(11-16(15)20)24-17(27)26-8-6-25(7-9-26)14-3-1-2-12(10-14)18(21,22)23/h1-5,10-11H,6-9H2,(H,24,27). The van der Waals surface area contributed by atoms with Gasteiger partial charge in [0.1, 0.15) is 0 Å². The minimum absolute atomic E-state index is 0.294. The van der Waals surface area contributed by atoms with Gasteiger partial charge in [-0.05, 0) is 36.4 Å². The highest BCUT2D eigenvalue weighted by Crippen LogP contribution is 2.32. The van der Waals surface area contributed by atoms with Crippen LogP contribution in [0, 0.1) is 0 Å². The lowest BCUT2D eigenvalue weighted by molar-refractivity contribution is -0.137. The zero-order valence-corrected chi connectivity index (χ0v) is 15.6. The molecule has 0 atom stereocenters. The van der Waals surface area contributed by atoms with Crippen LogP contribution < -0.4 is 10.2 Å². The van der Waals surface area contributed by atoms with E-state index in [1.54, 1.807) is 29.2 Å². The van der Waals surface area contributed by atoms with Crippen molar-refractivity contribution in [1.29, 1.82) is 0 Å². The lowest BCUT2D eigenvalue weighted by atomic mass is 10.1. The van der Waals surface area contributed by atoms with Crippen LogP contribution in [0.4, 0.5) is 29.3 Å². The van der Waals surface area contributed by atoms with Crippen LogP contribution in [0.3, 0.4) is 0 Å². The molecule has 0 saturated carbocycles.